The van der Waals surface area contributed by atoms with E-state index in [0.29, 0.717) is 6.42 Å². The molecule has 90 valence electrons. The minimum Gasteiger partial charge on any atom is -0.356 e. The molecular formula is C12H14N2O3. The Morgan fingerprint density at radius 2 is 2.29 bits per heavy atom. The van der Waals surface area contributed by atoms with Gasteiger partial charge in [-0.15, -0.1) is 0 Å². The van der Waals surface area contributed by atoms with E-state index in [0.717, 1.165) is 24.9 Å². The first-order valence-electron chi connectivity index (χ1n) is 5.68. The van der Waals surface area contributed by atoms with Crippen LogP contribution in [0.3, 0.4) is 0 Å². The predicted octanol–water partition coefficient (Wildman–Crippen LogP) is 1.66. The lowest BCUT2D eigenvalue weighted by Crippen LogP contribution is -2.37. The lowest BCUT2D eigenvalue weighted by molar-refractivity contribution is -0.384. The molecule has 0 radical (unpaired) electrons. The minimum atomic E-state index is -0.412. The maximum atomic E-state index is 11.6. The lowest BCUT2D eigenvalue weighted by atomic mass is 9.91. The first-order chi connectivity index (χ1) is 8.16. The summed E-state index contributed by atoms with van der Waals surface area (Å²) in [6.07, 6.45) is 2.41. The Hall–Kier alpha value is -1.91. The molecule has 1 aromatic rings. The summed E-state index contributed by atoms with van der Waals surface area (Å²) in [5, 5.41) is 13.5. The van der Waals surface area contributed by atoms with Crippen molar-refractivity contribution in [1.29, 1.82) is 0 Å². The van der Waals surface area contributed by atoms with Gasteiger partial charge in [0.1, 0.15) is 0 Å². The van der Waals surface area contributed by atoms with Crippen LogP contribution in [0.5, 0.6) is 0 Å². The molecule has 1 amide bonds. The van der Waals surface area contributed by atoms with Gasteiger partial charge in [0, 0.05) is 24.6 Å². The molecule has 0 bridgehead atoms. The summed E-state index contributed by atoms with van der Waals surface area (Å²) < 4.78 is 0. The van der Waals surface area contributed by atoms with Crippen molar-refractivity contribution in [1.82, 2.24) is 5.32 Å². The first-order valence-corrected chi connectivity index (χ1v) is 5.68. The number of hydrogen-bond donors (Lipinski definition) is 1. The molecule has 0 aromatic heterocycles. The molecule has 1 saturated heterocycles. The number of nitrogens with one attached hydrogen (secondary N) is 1. The van der Waals surface area contributed by atoms with Gasteiger partial charge in [0.25, 0.3) is 5.69 Å². The molecule has 1 aliphatic rings. The summed E-state index contributed by atoms with van der Waals surface area (Å²) in [7, 11) is 0. The van der Waals surface area contributed by atoms with Gasteiger partial charge in [0.15, 0.2) is 0 Å². The molecule has 17 heavy (non-hydrogen) atoms. The molecule has 5 nitrogen and oxygen atoms in total. The number of piperidine rings is 1. The van der Waals surface area contributed by atoms with E-state index >= 15 is 0 Å². The van der Waals surface area contributed by atoms with E-state index in [9.17, 15) is 14.9 Å². The molecule has 1 fully saturated rings. The van der Waals surface area contributed by atoms with E-state index in [1.807, 2.05) is 6.07 Å². The number of nitrogens with zero attached hydrogens (tertiary/aromatic N) is 1. The van der Waals surface area contributed by atoms with Crippen molar-refractivity contribution in [3.63, 3.8) is 0 Å². The van der Waals surface area contributed by atoms with Crippen molar-refractivity contribution >= 4 is 11.6 Å². The third-order valence-corrected chi connectivity index (χ3v) is 3.00. The second-order valence-electron chi connectivity index (χ2n) is 4.26. The zero-order valence-electron chi connectivity index (χ0n) is 9.39. The summed E-state index contributed by atoms with van der Waals surface area (Å²) in [5.74, 6) is 0.00788. The Labute approximate surface area is 99.0 Å². The number of rotatable bonds is 3. The first kappa shape index (κ1) is 11.6. The van der Waals surface area contributed by atoms with Crippen molar-refractivity contribution in [2.75, 3.05) is 6.54 Å². The van der Waals surface area contributed by atoms with Crippen LogP contribution in [0.1, 0.15) is 18.4 Å². The Morgan fingerprint density at radius 3 is 3.00 bits per heavy atom. The highest BCUT2D eigenvalue weighted by Crippen LogP contribution is 2.20. The van der Waals surface area contributed by atoms with Gasteiger partial charge in [0.2, 0.25) is 5.91 Å². The largest absolute Gasteiger partial charge is 0.356 e. The Kier molecular flexibility index (Phi) is 3.37. The summed E-state index contributed by atoms with van der Waals surface area (Å²) in [6.45, 7) is 0.740. The monoisotopic (exact) mass is 234 g/mol. The van der Waals surface area contributed by atoms with E-state index < -0.39 is 4.92 Å². The fraction of sp³-hybridized carbons (Fsp3) is 0.417. The summed E-state index contributed by atoms with van der Waals surface area (Å²) in [4.78, 5) is 21.8. The maximum Gasteiger partial charge on any atom is 0.269 e. The van der Waals surface area contributed by atoms with Crippen LogP contribution in [0.15, 0.2) is 24.3 Å². The normalized spacial score (nSPS) is 19.8. The van der Waals surface area contributed by atoms with Gasteiger partial charge in [-0.05, 0) is 24.8 Å². The molecule has 5 heteroatoms. The summed E-state index contributed by atoms with van der Waals surface area (Å²) in [6, 6.07) is 6.50. The quantitative estimate of drug-likeness (QED) is 0.638. The van der Waals surface area contributed by atoms with Crippen molar-refractivity contribution < 1.29 is 9.72 Å². The highest BCUT2D eigenvalue weighted by molar-refractivity contribution is 5.79. The molecule has 2 rings (SSSR count). The molecule has 1 N–H and O–H groups in total. The molecule has 1 heterocycles. The van der Waals surface area contributed by atoms with Gasteiger partial charge < -0.3 is 5.32 Å². The highest BCUT2D eigenvalue weighted by atomic mass is 16.6. The maximum absolute atomic E-state index is 11.6. The molecule has 0 aliphatic carbocycles. The van der Waals surface area contributed by atoms with Crippen molar-refractivity contribution in [3.8, 4) is 0 Å². The Morgan fingerprint density at radius 1 is 1.47 bits per heavy atom. The fourth-order valence-corrected chi connectivity index (χ4v) is 2.11. The van der Waals surface area contributed by atoms with Crippen molar-refractivity contribution in [3.05, 3.63) is 39.9 Å². The summed E-state index contributed by atoms with van der Waals surface area (Å²) in [5.41, 5.74) is 0.931. The average molecular weight is 234 g/mol. The highest BCUT2D eigenvalue weighted by Gasteiger charge is 2.22. The van der Waals surface area contributed by atoms with Crippen LogP contribution >= 0.6 is 0 Å². The van der Waals surface area contributed by atoms with E-state index in [-0.39, 0.29) is 17.5 Å². The van der Waals surface area contributed by atoms with Gasteiger partial charge >= 0.3 is 0 Å². The number of nitro benzene ring substituents is 1. The molecule has 1 atom stereocenters. The van der Waals surface area contributed by atoms with E-state index in [1.54, 1.807) is 12.1 Å². The van der Waals surface area contributed by atoms with Crippen molar-refractivity contribution in [2.24, 2.45) is 5.92 Å². The topological polar surface area (TPSA) is 72.2 Å². The number of amides is 1. The molecule has 0 saturated carbocycles. The molecule has 1 unspecified atom stereocenters. The SMILES string of the molecule is O=C1NCCCC1Cc1cccc([N+](=O)[O-])c1. The number of non-ortho nitro benzene ring substituents is 1. The van der Waals surface area contributed by atoms with Crippen LogP contribution in [-0.4, -0.2) is 17.4 Å². The second kappa shape index (κ2) is 4.95. The number of hydrogen-bond acceptors (Lipinski definition) is 3. The number of carbonyl (C=O) groups excluding carboxylic acids is 1. The van der Waals surface area contributed by atoms with E-state index in [4.69, 9.17) is 0 Å². The van der Waals surface area contributed by atoms with E-state index in [1.165, 1.54) is 6.07 Å². The predicted molar refractivity (Wildman–Crippen MR) is 62.5 cm³/mol. The Balaban J connectivity index is 2.09. The number of carbonyl (C=O) groups is 1. The zero-order valence-corrected chi connectivity index (χ0v) is 9.39. The van der Waals surface area contributed by atoms with E-state index in [2.05, 4.69) is 5.32 Å². The average Bonchev–Trinajstić information content (AvgIpc) is 2.32. The van der Waals surface area contributed by atoms with Gasteiger partial charge in [-0.2, -0.15) is 0 Å². The van der Waals surface area contributed by atoms with Gasteiger partial charge in [-0.1, -0.05) is 12.1 Å². The lowest BCUT2D eigenvalue weighted by Gasteiger charge is -2.21. The van der Waals surface area contributed by atoms with Crippen LogP contribution in [0.25, 0.3) is 0 Å². The van der Waals surface area contributed by atoms with Crippen LogP contribution in [0.4, 0.5) is 5.69 Å². The van der Waals surface area contributed by atoms with Gasteiger partial charge in [0.05, 0.1) is 4.92 Å². The molecule has 0 spiro atoms. The molecule has 1 aromatic carbocycles. The third kappa shape index (κ3) is 2.81. The zero-order chi connectivity index (χ0) is 12.3. The third-order valence-electron chi connectivity index (χ3n) is 3.00. The van der Waals surface area contributed by atoms with Crippen LogP contribution in [0, 0.1) is 16.0 Å². The van der Waals surface area contributed by atoms with Gasteiger partial charge in [-0.3, -0.25) is 14.9 Å². The summed E-state index contributed by atoms with van der Waals surface area (Å²) >= 11 is 0. The van der Waals surface area contributed by atoms with Gasteiger partial charge in [-0.25, -0.2) is 0 Å². The second-order valence-corrected chi connectivity index (χ2v) is 4.26. The van der Waals surface area contributed by atoms with Crippen LogP contribution in [0.2, 0.25) is 0 Å². The molecule has 1 aliphatic heterocycles. The molecular weight excluding hydrogens is 220 g/mol. The standard InChI is InChI=1S/C12H14N2O3/c15-12-10(4-2-6-13-12)7-9-3-1-5-11(8-9)14(16)17/h1,3,5,8,10H,2,4,6-7H2,(H,13,15). The number of benzene rings is 1. The van der Waals surface area contributed by atoms with Crippen molar-refractivity contribution in [2.45, 2.75) is 19.3 Å². The number of nitro groups is 1. The fourth-order valence-electron chi connectivity index (χ4n) is 2.11. The Bertz CT molecular complexity index is 445. The van der Waals surface area contributed by atoms with Crippen LogP contribution in [-0.2, 0) is 11.2 Å². The minimum absolute atomic E-state index is 0.0502. The smallest absolute Gasteiger partial charge is 0.269 e. The van der Waals surface area contributed by atoms with Crippen LogP contribution < -0.4 is 5.32 Å².